The fourth-order valence-corrected chi connectivity index (χ4v) is 5.38. The van der Waals surface area contributed by atoms with Gasteiger partial charge in [0.2, 0.25) is 5.91 Å². The minimum Gasteiger partial charge on any atom is -0.398 e. The fourth-order valence-electron chi connectivity index (χ4n) is 3.79. The second-order valence-corrected chi connectivity index (χ2v) is 10.3. The zero-order valence-corrected chi connectivity index (χ0v) is 17.5. The molecule has 0 spiro atoms. The molecule has 1 amide bonds. The minimum absolute atomic E-state index is 0.0462. The Morgan fingerprint density at radius 2 is 1.87 bits per heavy atom. The van der Waals surface area contributed by atoms with Crippen LogP contribution in [0.15, 0.2) is 28.4 Å². The average Bonchev–Trinajstić information content (AvgIpc) is 3.18. The van der Waals surface area contributed by atoms with E-state index in [1.54, 1.807) is 0 Å². The number of nitrogens with two attached hydrogens (primary N) is 1. The molecule has 0 saturated carbocycles. The number of benzene rings is 1. The Bertz CT molecular complexity index is 918. The maximum Gasteiger partial charge on any atom is 0.412 e. The molecule has 3 rings (SSSR count). The van der Waals surface area contributed by atoms with Crippen LogP contribution in [0.2, 0.25) is 0 Å². The highest BCUT2D eigenvalue weighted by Crippen LogP contribution is 2.32. The molecule has 1 aromatic carbocycles. The zero-order chi connectivity index (χ0) is 22.8. The van der Waals surface area contributed by atoms with Gasteiger partial charge in [-0.3, -0.25) is 4.79 Å². The Morgan fingerprint density at radius 1 is 1.19 bits per heavy atom. The molecular weight excluding hydrogens is 440 g/mol. The molecule has 2 unspecified atom stereocenters. The molecule has 1 aromatic rings. The number of carbonyl (C=O) groups excluding carboxylic acids is 1. The maximum absolute atomic E-state index is 14.3. The van der Waals surface area contributed by atoms with Crippen molar-refractivity contribution in [1.29, 1.82) is 0 Å². The first-order valence-electron chi connectivity index (χ1n) is 9.95. The third kappa shape index (κ3) is 5.92. The van der Waals surface area contributed by atoms with Crippen molar-refractivity contribution in [2.24, 2.45) is 16.1 Å². The summed E-state index contributed by atoms with van der Waals surface area (Å²) in [5, 5.41) is 6.70. The van der Waals surface area contributed by atoms with E-state index < -0.39 is 46.2 Å². The second-order valence-electron chi connectivity index (χ2n) is 7.99. The first kappa shape index (κ1) is 23.4. The summed E-state index contributed by atoms with van der Waals surface area (Å²) < 4.78 is 76.2. The van der Waals surface area contributed by atoms with Crippen molar-refractivity contribution in [3.63, 3.8) is 0 Å². The number of amides is 1. The largest absolute Gasteiger partial charge is 0.412 e. The van der Waals surface area contributed by atoms with Crippen LogP contribution < -0.4 is 5.73 Å². The molecular formula is C19H24F4N4O3S. The molecule has 7 nitrogen and oxygen atoms in total. The highest BCUT2D eigenvalue weighted by atomic mass is 32.2. The van der Waals surface area contributed by atoms with Crippen molar-refractivity contribution in [2.45, 2.75) is 50.5 Å². The minimum atomic E-state index is -4.59. The molecule has 0 aromatic heterocycles. The van der Waals surface area contributed by atoms with Gasteiger partial charge in [0.25, 0.3) is 0 Å². The highest BCUT2D eigenvalue weighted by Gasteiger charge is 2.46. The number of nitrogen functional groups attached to an aromatic ring is 1. The van der Waals surface area contributed by atoms with E-state index >= 15 is 0 Å². The first-order valence-corrected chi connectivity index (χ1v) is 11.8. The zero-order valence-electron chi connectivity index (χ0n) is 16.7. The van der Waals surface area contributed by atoms with Gasteiger partial charge < -0.3 is 10.6 Å². The Morgan fingerprint density at radius 3 is 2.45 bits per heavy atom. The lowest BCUT2D eigenvalue weighted by atomic mass is 9.98. The van der Waals surface area contributed by atoms with E-state index in [1.165, 1.54) is 23.1 Å². The Hall–Kier alpha value is -2.24. The van der Waals surface area contributed by atoms with Gasteiger partial charge in [-0.2, -0.15) is 23.4 Å². The number of carbonyl (C=O) groups is 1. The molecule has 2 atom stereocenters. The number of hydrogen-bond donors (Lipinski definition) is 1. The molecule has 2 aliphatic rings. The van der Waals surface area contributed by atoms with Crippen LogP contribution in [0.1, 0.15) is 31.2 Å². The van der Waals surface area contributed by atoms with E-state index in [2.05, 4.69) is 10.2 Å². The maximum atomic E-state index is 14.3. The second kappa shape index (κ2) is 9.09. The molecule has 0 aliphatic carbocycles. The molecule has 2 aliphatic heterocycles. The normalized spacial score (nSPS) is 23.7. The number of sulfone groups is 1. The summed E-state index contributed by atoms with van der Waals surface area (Å²) in [6.07, 6.45) is -3.83. The number of halogens is 4. The van der Waals surface area contributed by atoms with Crippen LogP contribution in [0.4, 0.5) is 23.2 Å². The number of hydrogen-bond acceptors (Lipinski definition) is 6. The van der Waals surface area contributed by atoms with Crippen molar-refractivity contribution < 1.29 is 30.8 Å². The summed E-state index contributed by atoms with van der Waals surface area (Å²) in [7, 11) is -3.04. The number of nitrogens with zero attached hydrogens (tertiary/aromatic N) is 3. The molecule has 172 valence electrons. The fraction of sp³-hybridized carbons (Fsp3) is 0.632. The van der Waals surface area contributed by atoms with Gasteiger partial charge >= 0.3 is 6.18 Å². The molecule has 12 heteroatoms. The first-order chi connectivity index (χ1) is 14.5. The summed E-state index contributed by atoms with van der Waals surface area (Å²) in [4.78, 5) is 14.2. The van der Waals surface area contributed by atoms with E-state index in [1.807, 2.05) is 0 Å². The standard InChI is InChI=1S/C19H24F4N4O3S/c20-14-2-1-3-15(24)13(14)11-27(7-4-12-5-8-31(29,30)9-6-12)18(28)16-10-17(26-25-16)19(21,22)23/h1-3,12,16-17H,4-11,24H2. The van der Waals surface area contributed by atoms with Crippen LogP contribution in [-0.2, 0) is 21.2 Å². The SMILES string of the molecule is Nc1cccc(F)c1CN(CCC1CCS(=O)(=O)CC1)C(=O)C1CC(C(F)(F)F)N=N1. The smallest absolute Gasteiger partial charge is 0.398 e. The molecule has 2 N–H and O–H groups in total. The summed E-state index contributed by atoms with van der Waals surface area (Å²) in [5.41, 5.74) is 6.04. The van der Waals surface area contributed by atoms with Gasteiger partial charge in [-0.15, -0.1) is 0 Å². The van der Waals surface area contributed by atoms with E-state index in [9.17, 15) is 30.8 Å². The molecule has 0 bridgehead atoms. The molecule has 0 radical (unpaired) electrons. The summed E-state index contributed by atoms with van der Waals surface area (Å²) >= 11 is 0. The topological polar surface area (TPSA) is 105 Å². The predicted octanol–water partition coefficient (Wildman–Crippen LogP) is 3.11. The van der Waals surface area contributed by atoms with E-state index in [0.717, 1.165) is 0 Å². The van der Waals surface area contributed by atoms with Gasteiger partial charge in [0.1, 0.15) is 15.7 Å². The number of anilines is 1. The van der Waals surface area contributed by atoms with Gasteiger partial charge in [0.15, 0.2) is 12.1 Å². The van der Waals surface area contributed by atoms with Gasteiger partial charge in [-0.1, -0.05) is 6.07 Å². The third-order valence-electron chi connectivity index (χ3n) is 5.75. The van der Waals surface area contributed by atoms with Gasteiger partial charge in [0, 0.05) is 24.2 Å². The molecule has 1 fully saturated rings. The molecule has 2 heterocycles. The average molecular weight is 464 g/mol. The Kier molecular flexibility index (Phi) is 6.87. The van der Waals surface area contributed by atoms with E-state index in [-0.39, 0.29) is 41.8 Å². The summed E-state index contributed by atoms with van der Waals surface area (Å²) in [5.74, 6) is -1.12. The lowest BCUT2D eigenvalue weighted by Crippen LogP contribution is -2.40. The number of rotatable bonds is 6. The van der Waals surface area contributed by atoms with Crippen molar-refractivity contribution >= 4 is 21.4 Å². The summed E-state index contributed by atoms with van der Waals surface area (Å²) in [6.45, 7) is -0.0922. The monoisotopic (exact) mass is 464 g/mol. The van der Waals surface area contributed by atoms with E-state index in [0.29, 0.717) is 19.3 Å². The van der Waals surface area contributed by atoms with Crippen LogP contribution in [0.25, 0.3) is 0 Å². The Labute approximate surface area is 177 Å². The lowest BCUT2D eigenvalue weighted by molar-refractivity contribution is -0.148. The van der Waals surface area contributed by atoms with Crippen LogP contribution in [-0.4, -0.2) is 55.5 Å². The van der Waals surface area contributed by atoms with Gasteiger partial charge in [0.05, 0.1) is 18.1 Å². The number of azo groups is 1. The van der Waals surface area contributed by atoms with Crippen molar-refractivity contribution in [2.75, 3.05) is 23.8 Å². The molecule has 1 saturated heterocycles. The van der Waals surface area contributed by atoms with Gasteiger partial charge in [-0.05, 0) is 37.3 Å². The molecule has 31 heavy (non-hydrogen) atoms. The van der Waals surface area contributed by atoms with E-state index in [4.69, 9.17) is 5.73 Å². The lowest BCUT2D eigenvalue weighted by Gasteiger charge is -2.29. The number of alkyl halides is 3. The predicted molar refractivity (Wildman–Crippen MR) is 105 cm³/mol. The quantitative estimate of drug-likeness (QED) is 0.516. The third-order valence-corrected chi connectivity index (χ3v) is 7.47. The highest BCUT2D eigenvalue weighted by molar-refractivity contribution is 7.91. The summed E-state index contributed by atoms with van der Waals surface area (Å²) in [6, 6.07) is 0.746. The van der Waals surface area contributed by atoms with Crippen LogP contribution >= 0.6 is 0 Å². The van der Waals surface area contributed by atoms with Crippen molar-refractivity contribution in [1.82, 2.24) is 4.90 Å². The van der Waals surface area contributed by atoms with Crippen LogP contribution in [0.3, 0.4) is 0 Å². The van der Waals surface area contributed by atoms with Crippen molar-refractivity contribution in [3.8, 4) is 0 Å². The Balaban J connectivity index is 1.73. The van der Waals surface area contributed by atoms with Crippen molar-refractivity contribution in [3.05, 3.63) is 29.6 Å². The van der Waals surface area contributed by atoms with Crippen LogP contribution in [0, 0.1) is 11.7 Å². The van der Waals surface area contributed by atoms with Gasteiger partial charge in [-0.25, -0.2) is 12.8 Å². The van der Waals surface area contributed by atoms with Crippen LogP contribution in [0.5, 0.6) is 0 Å².